The van der Waals surface area contributed by atoms with Gasteiger partial charge < -0.3 is 24.6 Å². The number of carbonyl (C=O) groups is 1. The lowest BCUT2D eigenvalue weighted by Crippen LogP contribution is -2.01. The summed E-state index contributed by atoms with van der Waals surface area (Å²) < 4.78 is 16.6. The molecule has 27 heavy (non-hydrogen) atoms. The van der Waals surface area contributed by atoms with Crippen molar-refractivity contribution < 1.29 is 24.1 Å². The summed E-state index contributed by atoms with van der Waals surface area (Å²) in [5, 5.41) is 12.2. The number of hydrogen-bond acceptors (Lipinski definition) is 5. The number of carboxylic acids is 1. The van der Waals surface area contributed by atoms with Crippen LogP contribution in [0.1, 0.15) is 15.9 Å². The fourth-order valence-electron chi connectivity index (χ4n) is 2.73. The first kappa shape index (κ1) is 16.8. The van der Waals surface area contributed by atoms with Gasteiger partial charge in [0.05, 0.1) is 5.56 Å². The van der Waals surface area contributed by atoms with E-state index in [4.69, 9.17) is 19.3 Å². The molecule has 0 aliphatic carbocycles. The Morgan fingerprint density at radius 1 is 0.963 bits per heavy atom. The lowest BCUT2D eigenvalue weighted by atomic mass is 10.2. The van der Waals surface area contributed by atoms with Gasteiger partial charge in [-0.1, -0.05) is 12.1 Å². The van der Waals surface area contributed by atoms with Crippen LogP contribution in [0.15, 0.2) is 66.7 Å². The van der Waals surface area contributed by atoms with Gasteiger partial charge in [0.25, 0.3) is 0 Å². The topological polar surface area (TPSA) is 77.0 Å². The quantitative estimate of drug-likeness (QED) is 0.671. The molecule has 0 aromatic heterocycles. The molecule has 1 aliphatic rings. The van der Waals surface area contributed by atoms with Crippen LogP contribution in [0.2, 0.25) is 0 Å². The van der Waals surface area contributed by atoms with Crippen LogP contribution in [0.25, 0.3) is 0 Å². The van der Waals surface area contributed by atoms with Crippen molar-refractivity contribution in [1.29, 1.82) is 0 Å². The first-order valence-corrected chi connectivity index (χ1v) is 8.41. The van der Waals surface area contributed by atoms with Crippen LogP contribution in [0.4, 0.5) is 5.69 Å². The fraction of sp³-hybridized carbons (Fsp3) is 0.0952. The molecule has 0 saturated heterocycles. The van der Waals surface area contributed by atoms with E-state index in [-0.39, 0.29) is 12.4 Å². The largest absolute Gasteiger partial charge is 0.478 e. The van der Waals surface area contributed by atoms with Crippen LogP contribution in [0, 0.1) is 0 Å². The van der Waals surface area contributed by atoms with Crippen molar-refractivity contribution in [2.45, 2.75) is 6.54 Å². The van der Waals surface area contributed by atoms with Gasteiger partial charge in [-0.05, 0) is 54.1 Å². The summed E-state index contributed by atoms with van der Waals surface area (Å²) in [5.41, 5.74) is 2.15. The van der Waals surface area contributed by atoms with E-state index in [0.717, 1.165) is 17.0 Å². The van der Waals surface area contributed by atoms with Crippen LogP contribution in [-0.4, -0.2) is 17.9 Å². The molecule has 136 valence electrons. The van der Waals surface area contributed by atoms with Crippen LogP contribution in [-0.2, 0) is 6.54 Å². The second-order valence-electron chi connectivity index (χ2n) is 6.00. The summed E-state index contributed by atoms with van der Waals surface area (Å²) in [6, 6.07) is 19.8. The lowest BCUT2D eigenvalue weighted by molar-refractivity contribution is 0.0697. The average molecular weight is 363 g/mol. The van der Waals surface area contributed by atoms with Gasteiger partial charge in [0, 0.05) is 18.3 Å². The molecule has 6 nitrogen and oxygen atoms in total. The van der Waals surface area contributed by atoms with E-state index in [1.165, 1.54) is 0 Å². The first-order valence-electron chi connectivity index (χ1n) is 8.41. The zero-order valence-corrected chi connectivity index (χ0v) is 14.3. The van der Waals surface area contributed by atoms with Crippen LogP contribution >= 0.6 is 0 Å². The average Bonchev–Trinajstić information content (AvgIpc) is 3.15. The Labute approximate surface area is 155 Å². The third kappa shape index (κ3) is 3.95. The minimum atomic E-state index is -0.935. The van der Waals surface area contributed by atoms with E-state index in [9.17, 15) is 4.79 Å². The number of rotatable bonds is 6. The minimum absolute atomic E-state index is 0.230. The molecule has 3 aromatic carbocycles. The number of aromatic carboxylic acids is 1. The maximum absolute atomic E-state index is 10.9. The van der Waals surface area contributed by atoms with Gasteiger partial charge in [-0.15, -0.1) is 0 Å². The molecule has 4 rings (SSSR count). The summed E-state index contributed by atoms with van der Waals surface area (Å²) in [6.45, 7) is 0.818. The molecule has 2 N–H and O–H groups in total. The molecule has 0 bridgehead atoms. The molecule has 0 amide bonds. The van der Waals surface area contributed by atoms with Crippen molar-refractivity contribution in [2.24, 2.45) is 0 Å². The van der Waals surface area contributed by atoms with E-state index < -0.39 is 5.97 Å². The normalized spacial score (nSPS) is 11.9. The maximum atomic E-state index is 10.9. The Morgan fingerprint density at radius 2 is 1.74 bits per heavy atom. The molecule has 0 spiro atoms. The van der Waals surface area contributed by atoms with Crippen molar-refractivity contribution in [1.82, 2.24) is 0 Å². The second-order valence-corrected chi connectivity index (χ2v) is 6.00. The van der Waals surface area contributed by atoms with Crippen molar-refractivity contribution in [3.8, 4) is 23.0 Å². The standard InChI is InChI=1S/C21H17NO5/c23-21(24)15-4-6-16(7-5-15)22-12-14-2-1-3-17(10-14)27-18-8-9-19-20(11-18)26-13-25-19/h1-11,22H,12-13H2,(H,23,24). The van der Waals surface area contributed by atoms with Gasteiger partial charge >= 0.3 is 5.97 Å². The predicted molar refractivity (Wildman–Crippen MR) is 99.8 cm³/mol. The van der Waals surface area contributed by atoms with Gasteiger partial charge in [0.15, 0.2) is 11.5 Å². The van der Waals surface area contributed by atoms with Crippen LogP contribution < -0.4 is 19.5 Å². The summed E-state index contributed by atoms with van der Waals surface area (Å²) in [7, 11) is 0. The number of hydrogen-bond donors (Lipinski definition) is 2. The Kier molecular flexibility index (Phi) is 4.53. The van der Waals surface area contributed by atoms with E-state index in [2.05, 4.69) is 5.32 Å². The first-order chi connectivity index (χ1) is 13.2. The molecule has 0 atom stereocenters. The number of ether oxygens (including phenoxy) is 3. The number of nitrogens with one attached hydrogen (secondary N) is 1. The number of benzene rings is 3. The molecule has 0 fully saturated rings. The highest BCUT2D eigenvalue weighted by molar-refractivity contribution is 5.88. The molecule has 6 heteroatoms. The van der Waals surface area contributed by atoms with Gasteiger partial charge in [-0.2, -0.15) is 0 Å². The van der Waals surface area contributed by atoms with Gasteiger partial charge in [0.2, 0.25) is 6.79 Å². The zero-order valence-electron chi connectivity index (χ0n) is 14.3. The lowest BCUT2D eigenvalue weighted by Gasteiger charge is -2.10. The molecule has 0 radical (unpaired) electrons. The van der Waals surface area contributed by atoms with Crippen LogP contribution in [0.5, 0.6) is 23.0 Å². The van der Waals surface area contributed by atoms with E-state index >= 15 is 0 Å². The predicted octanol–water partition coefficient (Wildman–Crippen LogP) is 4.52. The number of carboxylic acid groups (broad SMARTS) is 1. The molecular weight excluding hydrogens is 346 g/mol. The Balaban J connectivity index is 1.41. The molecule has 0 unspecified atom stereocenters. The highest BCUT2D eigenvalue weighted by Gasteiger charge is 2.14. The van der Waals surface area contributed by atoms with Crippen LogP contribution in [0.3, 0.4) is 0 Å². The second kappa shape index (κ2) is 7.29. The van der Waals surface area contributed by atoms with E-state index in [0.29, 0.717) is 23.8 Å². The van der Waals surface area contributed by atoms with E-state index in [1.807, 2.05) is 36.4 Å². The van der Waals surface area contributed by atoms with Gasteiger partial charge in [-0.3, -0.25) is 0 Å². The summed E-state index contributed by atoms with van der Waals surface area (Å²) >= 11 is 0. The summed E-state index contributed by atoms with van der Waals surface area (Å²) in [4.78, 5) is 10.9. The third-order valence-electron chi connectivity index (χ3n) is 4.11. The van der Waals surface area contributed by atoms with Crippen molar-refractivity contribution >= 4 is 11.7 Å². The number of anilines is 1. The molecule has 3 aromatic rings. The third-order valence-corrected chi connectivity index (χ3v) is 4.11. The Bertz CT molecular complexity index is 969. The Hall–Kier alpha value is -3.67. The number of fused-ring (bicyclic) bond motifs is 1. The van der Waals surface area contributed by atoms with Crippen molar-refractivity contribution in [2.75, 3.05) is 12.1 Å². The zero-order chi connectivity index (χ0) is 18.6. The SMILES string of the molecule is O=C(O)c1ccc(NCc2cccc(Oc3ccc4c(c3)OCO4)c2)cc1. The summed E-state index contributed by atoms with van der Waals surface area (Å²) in [6.07, 6.45) is 0. The minimum Gasteiger partial charge on any atom is -0.478 e. The molecule has 0 saturated carbocycles. The van der Waals surface area contributed by atoms with E-state index in [1.54, 1.807) is 30.3 Å². The van der Waals surface area contributed by atoms with Gasteiger partial charge in [0.1, 0.15) is 11.5 Å². The molecule has 1 heterocycles. The van der Waals surface area contributed by atoms with Crippen molar-refractivity contribution in [3.05, 3.63) is 77.9 Å². The van der Waals surface area contributed by atoms with Crippen molar-refractivity contribution in [3.63, 3.8) is 0 Å². The maximum Gasteiger partial charge on any atom is 0.335 e. The summed E-state index contributed by atoms with van der Waals surface area (Å²) in [5.74, 6) is 1.85. The highest BCUT2D eigenvalue weighted by atomic mass is 16.7. The monoisotopic (exact) mass is 363 g/mol. The van der Waals surface area contributed by atoms with Gasteiger partial charge in [-0.25, -0.2) is 4.79 Å². The Morgan fingerprint density at radius 3 is 2.56 bits per heavy atom. The molecule has 1 aliphatic heterocycles. The fourth-order valence-corrected chi connectivity index (χ4v) is 2.73. The smallest absolute Gasteiger partial charge is 0.335 e. The molecular formula is C21H17NO5. The highest BCUT2D eigenvalue weighted by Crippen LogP contribution is 2.36.